The van der Waals surface area contributed by atoms with Crippen LogP contribution in [-0.4, -0.2) is 56.0 Å². The molecule has 4 aromatic rings. The summed E-state index contributed by atoms with van der Waals surface area (Å²) >= 11 is 0. The van der Waals surface area contributed by atoms with E-state index >= 15 is 0 Å². The maximum atomic E-state index is 12.2. The number of phenolic OH excluding ortho intramolecular Hbond substituents is 1. The van der Waals surface area contributed by atoms with E-state index in [2.05, 4.69) is 22.1 Å². The van der Waals surface area contributed by atoms with E-state index in [1.165, 1.54) is 24.3 Å². The fraction of sp³-hybridized carbons (Fsp3) is 0.115. The Morgan fingerprint density at radius 2 is 1.47 bits per heavy atom. The number of ketones is 1. The van der Waals surface area contributed by atoms with Gasteiger partial charge < -0.3 is 10.4 Å². The summed E-state index contributed by atoms with van der Waals surface area (Å²) in [6.45, 7) is 5.20. The molecule has 0 unspecified atom stereocenters. The average Bonchev–Trinajstić information content (AvgIpc) is 2.90. The second-order valence-corrected chi connectivity index (χ2v) is 12.1. The molecule has 0 radical (unpaired) electrons. The Kier molecular flexibility index (Phi) is 10.1. The van der Waals surface area contributed by atoms with Crippen LogP contribution in [0.15, 0.2) is 92.8 Å². The molecule has 0 aromatic heterocycles. The summed E-state index contributed by atoms with van der Waals surface area (Å²) in [5, 5.41) is 23.0. The van der Waals surface area contributed by atoms with E-state index in [1.807, 2.05) is 0 Å². The predicted octanol–water partition coefficient (Wildman–Crippen LogP) is 4.55. The van der Waals surface area contributed by atoms with Crippen molar-refractivity contribution in [3.05, 3.63) is 72.8 Å². The number of anilines is 1. The van der Waals surface area contributed by atoms with Crippen molar-refractivity contribution in [2.45, 2.75) is 23.1 Å². The molecule has 0 heterocycles. The maximum absolute atomic E-state index is 12.2. The number of rotatable bonds is 9. The molecular weight excluding hydrogens is 626 g/mol. The summed E-state index contributed by atoms with van der Waals surface area (Å²) in [5.74, 6) is -0.650. The van der Waals surface area contributed by atoms with Gasteiger partial charge in [-0.15, -0.1) is 22.9 Å². The number of Topliss-reactive ketones (excluding diaryl/α,β-unsaturated/α-hetero) is 1. The summed E-state index contributed by atoms with van der Waals surface area (Å²) in [7, 11) is -12.4. The van der Waals surface area contributed by atoms with Crippen molar-refractivity contribution in [1.82, 2.24) is 0 Å². The number of nitrogens with zero attached hydrogens (tertiary/aromatic N) is 2. The van der Waals surface area contributed by atoms with Crippen LogP contribution in [0, 0.1) is 0 Å². The number of benzene rings is 4. The monoisotopic (exact) mass is 649 g/mol. The predicted molar refractivity (Wildman–Crippen MR) is 156 cm³/mol. The van der Waals surface area contributed by atoms with Crippen molar-refractivity contribution in [2.24, 2.45) is 10.2 Å². The quantitative estimate of drug-likeness (QED) is 0.111. The Hall–Kier alpha value is -4.55. The number of carbonyl (C=O) groups is 1. The molecule has 0 atom stereocenters. The van der Waals surface area contributed by atoms with Gasteiger partial charge in [-0.25, -0.2) is 0 Å². The molecule has 0 saturated heterocycles. The first-order valence-electron chi connectivity index (χ1n) is 11.9. The van der Waals surface area contributed by atoms with Gasteiger partial charge in [-0.05, 0) is 47.5 Å². The minimum atomic E-state index is -4.70. The molecule has 14 nitrogen and oxygen atoms in total. The van der Waals surface area contributed by atoms with Crippen molar-refractivity contribution in [3.8, 4) is 5.75 Å². The smallest absolute Gasteiger partial charge is 0.425 e. The maximum Gasteiger partial charge on any atom is 0.425 e. The van der Waals surface area contributed by atoms with Crippen LogP contribution >= 0.6 is 0 Å². The van der Waals surface area contributed by atoms with Crippen molar-refractivity contribution in [1.29, 1.82) is 0 Å². The molecule has 226 valence electrons. The Bertz CT molecular complexity index is 2120. The van der Waals surface area contributed by atoms with E-state index in [4.69, 9.17) is 12.6 Å². The third kappa shape index (κ3) is 8.27. The average molecular weight is 650 g/mol. The highest BCUT2D eigenvalue weighted by Crippen LogP contribution is 2.42. The van der Waals surface area contributed by atoms with Crippen molar-refractivity contribution < 1.29 is 48.5 Å². The van der Waals surface area contributed by atoms with Gasteiger partial charge in [-0.2, -0.15) is 16.8 Å². The van der Waals surface area contributed by atoms with Gasteiger partial charge in [0, 0.05) is 29.4 Å². The summed E-state index contributed by atoms with van der Waals surface area (Å²) < 4.78 is 92.7. The van der Waals surface area contributed by atoms with Crippen LogP contribution in [0.4, 0.5) is 17.1 Å². The molecule has 0 aliphatic rings. The van der Waals surface area contributed by atoms with E-state index < -0.39 is 46.4 Å². The lowest BCUT2D eigenvalue weighted by Gasteiger charge is -2.14. The standard InChI is InChI=1S/C26H23N3O8S2.O3S/c1-15(2)23(30)11-12-27-22-14-18(38(32,33)34)13-17-8-9-20(25(31)24(17)22)28-29-21-10-7-16-5-3-4-6-19(16)26(21)39(35,36)37;1-4(2)3/h3-10,13-14,27,31H,1,11-12H2,2H3,(H,32,33,34)(H,35,36,37);. The second-order valence-electron chi connectivity index (χ2n) is 8.87. The van der Waals surface area contributed by atoms with Gasteiger partial charge >= 0.3 is 10.6 Å². The van der Waals surface area contributed by atoms with Gasteiger partial charge in [-0.1, -0.05) is 43.0 Å². The highest BCUT2D eigenvalue weighted by molar-refractivity contribution is 7.86. The number of allylic oxidation sites excluding steroid dienone is 1. The van der Waals surface area contributed by atoms with Crippen molar-refractivity contribution >= 4 is 75.2 Å². The zero-order valence-electron chi connectivity index (χ0n) is 22.1. The zero-order valence-corrected chi connectivity index (χ0v) is 24.6. The second kappa shape index (κ2) is 13.2. The van der Waals surface area contributed by atoms with Crippen LogP contribution in [0.5, 0.6) is 5.75 Å². The number of fused-ring (bicyclic) bond motifs is 2. The lowest BCUT2D eigenvalue weighted by atomic mass is 10.1. The molecule has 4 aromatic carbocycles. The van der Waals surface area contributed by atoms with Gasteiger partial charge in [0.15, 0.2) is 11.5 Å². The van der Waals surface area contributed by atoms with Crippen LogP contribution in [0.2, 0.25) is 0 Å². The van der Waals surface area contributed by atoms with Gasteiger partial charge in [-0.3, -0.25) is 13.9 Å². The van der Waals surface area contributed by atoms with E-state index in [9.17, 15) is 35.8 Å². The first-order valence-corrected chi connectivity index (χ1v) is 15.8. The highest BCUT2D eigenvalue weighted by Gasteiger charge is 2.21. The molecule has 17 heteroatoms. The fourth-order valence-electron chi connectivity index (χ4n) is 3.99. The topological polar surface area (TPSA) is 234 Å². The van der Waals surface area contributed by atoms with Gasteiger partial charge in [0.25, 0.3) is 20.2 Å². The van der Waals surface area contributed by atoms with E-state index in [0.717, 1.165) is 12.1 Å². The van der Waals surface area contributed by atoms with E-state index in [-0.39, 0.29) is 52.0 Å². The minimum absolute atomic E-state index is 0.0352. The number of hydrogen-bond acceptors (Lipinski definition) is 12. The lowest BCUT2D eigenvalue weighted by Crippen LogP contribution is -2.10. The summed E-state index contributed by atoms with van der Waals surface area (Å²) in [4.78, 5) is 11.0. The summed E-state index contributed by atoms with van der Waals surface area (Å²) in [5.41, 5.74) is 0.164. The molecule has 0 aliphatic heterocycles. The van der Waals surface area contributed by atoms with Crippen LogP contribution in [0.3, 0.4) is 0 Å². The Balaban J connectivity index is 0.00000119. The molecule has 0 spiro atoms. The molecule has 0 aliphatic carbocycles. The molecule has 0 amide bonds. The van der Waals surface area contributed by atoms with Crippen molar-refractivity contribution in [3.63, 3.8) is 0 Å². The lowest BCUT2D eigenvalue weighted by molar-refractivity contribution is -0.115. The molecule has 4 N–H and O–H groups in total. The number of aromatic hydroxyl groups is 1. The largest absolute Gasteiger partial charge is 0.505 e. The Labute approximate surface area is 247 Å². The Morgan fingerprint density at radius 3 is 2.07 bits per heavy atom. The molecule has 43 heavy (non-hydrogen) atoms. The van der Waals surface area contributed by atoms with Crippen LogP contribution in [0.25, 0.3) is 21.5 Å². The zero-order chi connectivity index (χ0) is 32.1. The van der Waals surface area contributed by atoms with E-state index in [0.29, 0.717) is 11.0 Å². The van der Waals surface area contributed by atoms with Crippen LogP contribution < -0.4 is 5.32 Å². The SMILES string of the molecule is C=C(C)C(=O)CCNc1cc(S(=O)(=O)O)cc2ccc(N=Nc3ccc4ccccc4c3S(=O)(=O)O)c(O)c12.O=S(=O)=O. The number of carbonyl (C=O) groups excluding carboxylic acids is 1. The van der Waals surface area contributed by atoms with Gasteiger partial charge in [0.1, 0.15) is 16.3 Å². The molecule has 0 saturated carbocycles. The molecule has 0 bridgehead atoms. The van der Waals surface area contributed by atoms with E-state index in [1.54, 1.807) is 31.2 Å². The fourth-order valence-corrected chi connectivity index (χ4v) is 5.37. The van der Waals surface area contributed by atoms with Crippen molar-refractivity contribution in [2.75, 3.05) is 11.9 Å². The van der Waals surface area contributed by atoms with Gasteiger partial charge in [0.05, 0.1) is 4.90 Å². The first-order chi connectivity index (χ1) is 20.0. The molecular formula is C26H23N3O11S3. The summed E-state index contributed by atoms with van der Waals surface area (Å²) in [6.07, 6.45) is 0.0352. The van der Waals surface area contributed by atoms with Gasteiger partial charge in [0.2, 0.25) is 0 Å². The minimum Gasteiger partial charge on any atom is -0.505 e. The number of phenols is 1. The van der Waals surface area contributed by atoms with Crippen LogP contribution in [-0.2, 0) is 35.6 Å². The Morgan fingerprint density at radius 1 is 0.884 bits per heavy atom. The normalized spacial score (nSPS) is 11.7. The number of azo groups is 1. The number of hydrogen-bond donors (Lipinski definition) is 4. The molecule has 0 fully saturated rings. The summed E-state index contributed by atoms with van der Waals surface area (Å²) in [6, 6.07) is 14.4. The molecule has 4 rings (SSSR count). The first kappa shape index (κ1) is 33.0. The third-order valence-electron chi connectivity index (χ3n) is 5.87. The van der Waals surface area contributed by atoms with Crippen LogP contribution in [0.1, 0.15) is 13.3 Å². The third-order valence-corrected chi connectivity index (χ3v) is 7.64. The number of nitrogens with one attached hydrogen (secondary N) is 1. The highest BCUT2D eigenvalue weighted by atomic mass is 32.2.